The maximum atomic E-state index is 11.8. The second-order valence-electron chi connectivity index (χ2n) is 6.30. The second-order valence-corrected chi connectivity index (χ2v) is 6.30. The topological polar surface area (TPSA) is 47.6 Å². The van der Waals surface area contributed by atoms with Gasteiger partial charge in [-0.25, -0.2) is 0 Å². The third kappa shape index (κ3) is 2.60. The fourth-order valence-electron chi connectivity index (χ4n) is 2.20. The normalized spacial score (nSPS) is 20.0. The zero-order chi connectivity index (χ0) is 15.1. The van der Waals surface area contributed by atoms with Crippen LogP contribution in [0.15, 0.2) is 18.2 Å². The van der Waals surface area contributed by atoms with Crippen molar-refractivity contribution < 1.29 is 14.1 Å². The van der Waals surface area contributed by atoms with Crippen LogP contribution in [-0.4, -0.2) is 31.3 Å². The van der Waals surface area contributed by atoms with Gasteiger partial charge in [-0.3, -0.25) is 4.79 Å². The Bertz CT molecular complexity index is 524. The number of hydrogen-bond acceptors (Lipinski definition) is 3. The molecule has 20 heavy (non-hydrogen) atoms. The van der Waals surface area contributed by atoms with Crippen LogP contribution in [0.1, 0.15) is 43.6 Å². The lowest BCUT2D eigenvalue weighted by Crippen LogP contribution is -2.41. The molecule has 0 atom stereocenters. The Balaban J connectivity index is 2.35. The van der Waals surface area contributed by atoms with E-state index in [2.05, 4.69) is 5.32 Å². The van der Waals surface area contributed by atoms with E-state index in [9.17, 15) is 4.79 Å². The number of amides is 1. The van der Waals surface area contributed by atoms with E-state index >= 15 is 0 Å². The summed E-state index contributed by atoms with van der Waals surface area (Å²) in [7, 11) is 1.18. The Morgan fingerprint density at radius 2 is 1.65 bits per heavy atom. The van der Waals surface area contributed by atoms with Gasteiger partial charge in [-0.2, -0.15) is 0 Å². The number of carbonyl (C=O) groups excluding carboxylic acids is 1. The van der Waals surface area contributed by atoms with Crippen LogP contribution < -0.4 is 10.8 Å². The van der Waals surface area contributed by atoms with E-state index in [0.717, 1.165) is 11.0 Å². The number of benzene rings is 1. The van der Waals surface area contributed by atoms with Crippen LogP contribution in [0.3, 0.4) is 0 Å². The van der Waals surface area contributed by atoms with Crippen molar-refractivity contribution in [2.24, 2.45) is 0 Å². The summed E-state index contributed by atoms with van der Waals surface area (Å²) in [5.74, 6) is -0.105. The van der Waals surface area contributed by atoms with Crippen molar-refractivity contribution in [2.45, 2.75) is 45.8 Å². The maximum absolute atomic E-state index is 11.8. The van der Waals surface area contributed by atoms with Gasteiger partial charge in [0.2, 0.25) is 0 Å². The summed E-state index contributed by atoms with van der Waals surface area (Å²) in [6.45, 7) is 10.0. The molecule has 0 radical (unpaired) electrons. The Labute approximate surface area is 121 Å². The molecular formula is C15H22BNO3. The van der Waals surface area contributed by atoms with E-state index in [1.54, 1.807) is 7.05 Å². The van der Waals surface area contributed by atoms with Crippen molar-refractivity contribution in [3.63, 3.8) is 0 Å². The maximum Gasteiger partial charge on any atom is 0.494 e. The van der Waals surface area contributed by atoms with Gasteiger partial charge >= 0.3 is 7.12 Å². The first-order valence-electron chi connectivity index (χ1n) is 6.85. The summed E-state index contributed by atoms with van der Waals surface area (Å²) in [5.41, 5.74) is 1.75. The quantitative estimate of drug-likeness (QED) is 0.835. The standard InChI is InChI=1S/C15H22BNO3/c1-10-7-11(13(18)17-6)9-12(8-10)16-19-14(2,3)15(4,5)20-16/h7-9H,1-6H3,(H,17,18). The highest BCUT2D eigenvalue weighted by atomic mass is 16.7. The molecule has 1 heterocycles. The van der Waals surface area contributed by atoms with Gasteiger partial charge in [0.05, 0.1) is 11.2 Å². The van der Waals surface area contributed by atoms with Crippen molar-refractivity contribution in [3.8, 4) is 0 Å². The lowest BCUT2D eigenvalue weighted by Gasteiger charge is -2.32. The predicted molar refractivity (Wildman–Crippen MR) is 80.3 cm³/mol. The third-order valence-electron chi connectivity index (χ3n) is 4.11. The molecule has 1 aliphatic heterocycles. The summed E-state index contributed by atoms with van der Waals surface area (Å²) in [6, 6.07) is 5.68. The Morgan fingerprint density at radius 3 is 2.15 bits per heavy atom. The third-order valence-corrected chi connectivity index (χ3v) is 4.11. The zero-order valence-electron chi connectivity index (χ0n) is 13.0. The Morgan fingerprint density at radius 1 is 1.10 bits per heavy atom. The van der Waals surface area contributed by atoms with Gasteiger partial charge in [0.25, 0.3) is 5.91 Å². The number of hydrogen-bond donors (Lipinski definition) is 1. The highest BCUT2D eigenvalue weighted by molar-refractivity contribution is 6.62. The second kappa shape index (κ2) is 4.90. The summed E-state index contributed by atoms with van der Waals surface area (Å²) in [4.78, 5) is 11.8. The van der Waals surface area contributed by atoms with Crippen molar-refractivity contribution in [3.05, 3.63) is 29.3 Å². The average Bonchev–Trinajstić information content (AvgIpc) is 2.57. The van der Waals surface area contributed by atoms with Crippen molar-refractivity contribution in [1.29, 1.82) is 0 Å². The molecular weight excluding hydrogens is 253 g/mol. The lowest BCUT2D eigenvalue weighted by molar-refractivity contribution is 0.00578. The summed E-state index contributed by atoms with van der Waals surface area (Å²) in [5, 5.41) is 2.64. The number of aryl methyl sites for hydroxylation is 1. The molecule has 1 amide bonds. The summed E-state index contributed by atoms with van der Waals surface area (Å²) >= 11 is 0. The van der Waals surface area contributed by atoms with E-state index in [4.69, 9.17) is 9.31 Å². The molecule has 0 aliphatic carbocycles. The molecule has 1 N–H and O–H groups in total. The number of rotatable bonds is 2. The van der Waals surface area contributed by atoms with Gasteiger partial charge < -0.3 is 14.6 Å². The SMILES string of the molecule is CNC(=O)c1cc(C)cc(B2OC(C)(C)C(C)(C)O2)c1. The number of nitrogens with one attached hydrogen (secondary N) is 1. The molecule has 2 rings (SSSR count). The van der Waals surface area contributed by atoms with Crippen LogP contribution in [0.4, 0.5) is 0 Å². The fraction of sp³-hybridized carbons (Fsp3) is 0.533. The molecule has 1 aromatic carbocycles. The molecule has 1 aliphatic rings. The molecule has 4 nitrogen and oxygen atoms in total. The summed E-state index contributed by atoms with van der Waals surface area (Å²) in [6.07, 6.45) is 0. The molecule has 0 saturated carbocycles. The molecule has 1 fully saturated rings. The summed E-state index contributed by atoms with van der Waals surface area (Å²) < 4.78 is 12.0. The van der Waals surface area contributed by atoms with Crippen molar-refractivity contribution >= 4 is 18.5 Å². The first-order valence-corrected chi connectivity index (χ1v) is 6.85. The van der Waals surface area contributed by atoms with E-state index < -0.39 is 7.12 Å². The van der Waals surface area contributed by atoms with E-state index in [1.807, 2.05) is 52.8 Å². The minimum absolute atomic E-state index is 0.105. The minimum atomic E-state index is -0.441. The predicted octanol–water partition coefficient (Wildman–Crippen LogP) is 1.65. The zero-order valence-corrected chi connectivity index (χ0v) is 13.0. The van der Waals surface area contributed by atoms with Crippen LogP contribution in [0.2, 0.25) is 0 Å². The van der Waals surface area contributed by atoms with E-state index in [0.29, 0.717) is 5.56 Å². The monoisotopic (exact) mass is 275 g/mol. The van der Waals surface area contributed by atoms with Crippen LogP contribution in [0.5, 0.6) is 0 Å². The molecule has 0 bridgehead atoms. The molecule has 1 aromatic rings. The van der Waals surface area contributed by atoms with Gasteiger partial charge in [0, 0.05) is 12.6 Å². The highest BCUT2D eigenvalue weighted by Crippen LogP contribution is 2.36. The fourth-order valence-corrected chi connectivity index (χ4v) is 2.20. The van der Waals surface area contributed by atoms with Crippen molar-refractivity contribution in [1.82, 2.24) is 5.32 Å². The van der Waals surface area contributed by atoms with Gasteiger partial charge in [-0.1, -0.05) is 11.6 Å². The van der Waals surface area contributed by atoms with Gasteiger partial charge in [-0.05, 0) is 52.2 Å². The van der Waals surface area contributed by atoms with Crippen LogP contribution in [0.25, 0.3) is 0 Å². The first kappa shape index (κ1) is 15.1. The van der Waals surface area contributed by atoms with Crippen LogP contribution in [-0.2, 0) is 9.31 Å². The number of carbonyl (C=O) groups is 1. The first-order chi connectivity index (χ1) is 9.16. The van der Waals surface area contributed by atoms with Crippen molar-refractivity contribution in [2.75, 3.05) is 7.05 Å². The smallest absolute Gasteiger partial charge is 0.399 e. The van der Waals surface area contributed by atoms with Gasteiger partial charge in [0.15, 0.2) is 0 Å². The van der Waals surface area contributed by atoms with E-state index in [1.165, 1.54) is 0 Å². The minimum Gasteiger partial charge on any atom is -0.399 e. The largest absolute Gasteiger partial charge is 0.494 e. The molecule has 0 unspecified atom stereocenters. The van der Waals surface area contributed by atoms with Crippen LogP contribution >= 0.6 is 0 Å². The molecule has 0 aromatic heterocycles. The van der Waals surface area contributed by atoms with Gasteiger partial charge in [0.1, 0.15) is 0 Å². The molecule has 1 saturated heterocycles. The van der Waals surface area contributed by atoms with E-state index in [-0.39, 0.29) is 17.1 Å². The molecule has 108 valence electrons. The van der Waals surface area contributed by atoms with Crippen LogP contribution in [0, 0.1) is 6.92 Å². The molecule has 0 spiro atoms. The van der Waals surface area contributed by atoms with Gasteiger partial charge in [-0.15, -0.1) is 0 Å². The Hall–Kier alpha value is -1.33. The highest BCUT2D eigenvalue weighted by Gasteiger charge is 2.51. The average molecular weight is 275 g/mol. The lowest BCUT2D eigenvalue weighted by atomic mass is 9.77. The molecule has 5 heteroatoms. The Kier molecular flexibility index (Phi) is 3.69.